The second-order valence-electron chi connectivity index (χ2n) is 5.77. The Hall–Kier alpha value is -2.67. The van der Waals surface area contributed by atoms with Crippen LogP contribution in [0.2, 0.25) is 0 Å². The Labute approximate surface area is 158 Å². The van der Waals surface area contributed by atoms with Gasteiger partial charge in [-0.3, -0.25) is 4.79 Å². The van der Waals surface area contributed by atoms with Crippen molar-refractivity contribution in [2.24, 2.45) is 0 Å². The monoisotopic (exact) mass is 417 g/mol. The van der Waals surface area contributed by atoms with Gasteiger partial charge in [0.05, 0.1) is 10.2 Å². The lowest BCUT2D eigenvalue weighted by atomic mass is 10.1. The van der Waals surface area contributed by atoms with E-state index in [0.29, 0.717) is 16.7 Å². The third kappa shape index (κ3) is 4.49. The first-order valence-corrected chi connectivity index (χ1v) is 8.89. The number of nitrogens with one attached hydrogen (secondary N) is 1. The quantitative estimate of drug-likeness (QED) is 0.598. The van der Waals surface area contributed by atoms with Gasteiger partial charge in [0.15, 0.2) is 5.69 Å². The summed E-state index contributed by atoms with van der Waals surface area (Å²) in [5.41, 5.74) is 2.04. The van der Waals surface area contributed by atoms with E-state index in [-0.39, 0.29) is 23.2 Å². The van der Waals surface area contributed by atoms with Crippen LogP contribution in [-0.2, 0) is 6.42 Å². The Morgan fingerprint density at radius 2 is 1.85 bits per heavy atom. The number of phenolic OH excluding ortho intramolecular Hbond substituents is 1. The molecule has 2 N–H and O–H groups in total. The van der Waals surface area contributed by atoms with Crippen molar-refractivity contribution in [2.75, 3.05) is 6.54 Å². The summed E-state index contributed by atoms with van der Waals surface area (Å²) in [7, 11) is 0. The summed E-state index contributed by atoms with van der Waals surface area (Å²) < 4.78 is 15.1. The van der Waals surface area contributed by atoms with Crippen molar-refractivity contribution in [2.45, 2.75) is 12.8 Å². The molecule has 0 unspecified atom stereocenters. The molecule has 0 aliphatic heterocycles. The van der Waals surface area contributed by atoms with Crippen LogP contribution in [0.1, 0.15) is 22.5 Å². The number of carbonyl (C=O) groups excluding carboxylic acids is 1. The van der Waals surface area contributed by atoms with Gasteiger partial charge < -0.3 is 10.4 Å². The van der Waals surface area contributed by atoms with Crippen molar-refractivity contribution in [1.29, 1.82) is 0 Å². The molecule has 0 aliphatic carbocycles. The number of hydrogen-bond acceptors (Lipinski definition) is 3. The van der Waals surface area contributed by atoms with Gasteiger partial charge in [0, 0.05) is 12.7 Å². The standard InChI is InChI=1S/C19H17BrFN3O2/c20-17-12-24(15-7-5-14(21)6-8-15)23-18(17)19(26)22-11-1-2-13-3-9-16(25)10-4-13/h3-10,12,25H,1-2,11H2,(H,22,26). The molecule has 0 fully saturated rings. The van der Waals surface area contributed by atoms with E-state index in [0.717, 1.165) is 18.4 Å². The van der Waals surface area contributed by atoms with E-state index in [2.05, 4.69) is 26.3 Å². The molecule has 3 aromatic rings. The third-order valence-corrected chi connectivity index (χ3v) is 4.42. The van der Waals surface area contributed by atoms with Gasteiger partial charge in [-0.2, -0.15) is 5.10 Å². The summed E-state index contributed by atoms with van der Waals surface area (Å²) in [5.74, 6) is -0.362. The number of nitrogens with zero attached hydrogens (tertiary/aromatic N) is 2. The molecule has 2 aromatic carbocycles. The van der Waals surface area contributed by atoms with Crippen LogP contribution >= 0.6 is 15.9 Å². The summed E-state index contributed by atoms with van der Waals surface area (Å²) in [6, 6.07) is 12.9. The highest BCUT2D eigenvalue weighted by atomic mass is 79.9. The number of aryl methyl sites for hydroxylation is 1. The zero-order valence-electron chi connectivity index (χ0n) is 13.8. The van der Waals surface area contributed by atoms with Crippen molar-refractivity contribution in [3.8, 4) is 11.4 Å². The van der Waals surface area contributed by atoms with Gasteiger partial charge in [-0.25, -0.2) is 9.07 Å². The number of amides is 1. The maximum absolute atomic E-state index is 13.0. The van der Waals surface area contributed by atoms with E-state index in [9.17, 15) is 14.3 Å². The zero-order valence-corrected chi connectivity index (χ0v) is 15.4. The molecule has 0 radical (unpaired) electrons. The average molecular weight is 418 g/mol. The number of benzene rings is 2. The highest BCUT2D eigenvalue weighted by Gasteiger charge is 2.15. The summed E-state index contributed by atoms with van der Waals surface area (Å²) in [5, 5.41) is 16.4. The van der Waals surface area contributed by atoms with E-state index in [4.69, 9.17) is 0 Å². The number of aromatic hydroxyl groups is 1. The topological polar surface area (TPSA) is 67.2 Å². The van der Waals surface area contributed by atoms with Gasteiger partial charge >= 0.3 is 0 Å². The van der Waals surface area contributed by atoms with E-state index < -0.39 is 0 Å². The minimum Gasteiger partial charge on any atom is -0.508 e. The number of aromatic nitrogens is 2. The smallest absolute Gasteiger partial charge is 0.272 e. The van der Waals surface area contributed by atoms with E-state index in [1.807, 2.05) is 12.1 Å². The lowest BCUT2D eigenvalue weighted by molar-refractivity contribution is 0.0947. The molecule has 0 saturated heterocycles. The predicted molar refractivity (Wildman–Crippen MR) is 100.0 cm³/mol. The summed E-state index contributed by atoms with van der Waals surface area (Å²) in [6.07, 6.45) is 3.23. The van der Waals surface area contributed by atoms with E-state index in [1.165, 1.54) is 16.8 Å². The molecular formula is C19H17BrFN3O2. The van der Waals surface area contributed by atoms with Crippen LogP contribution in [0.15, 0.2) is 59.2 Å². The fourth-order valence-electron chi connectivity index (χ4n) is 2.47. The Morgan fingerprint density at radius 1 is 1.15 bits per heavy atom. The van der Waals surface area contributed by atoms with Gasteiger partial charge in [0.2, 0.25) is 0 Å². The van der Waals surface area contributed by atoms with Crippen LogP contribution < -0.4 is 5.32 Å². The van der Waals surface area contributed by atoms with Gasteiger partial charge in [-0.1, -0.05) is 12.1 Å². The first-order valence-electron chi connectivity index (χ1n) is 8.10. The first kappa shape index (κ1) is 18.1. The fraction of sp³-hybridized carbons (Fsp3) is 0.158. The lowest BCUT2D eigenvalue weighted by Gasteiger charge is -2.04. The van der Waals surface area contributed by atoms with Crippen LogP contribution in [0.25, 0.3) is 5.69 Å². The Bertz CT molecular complexity index is 892. The third-order valence-electron chi connectivity index (χ3n) is 3.84. The summed E-state index contributed by atoms with van der Waals surface area (Å²) in [6.45, 7) is 0.509. The maximum atomic E-state index is 13.0. The van der Waals surface area contributed by atoms with Crippen LogP contribution in [0.5, 0.6) is 5.75 Å². The molecule has 7 heteroatoms. The number of phenols is 1. The number of halogens is 2. The second kappa shape index (κ2) is 8.14. The maximum Gasteiger partial charge on any atom is 0.272 e. The molecule has 1 heterocycles. The molecule has 1 aromatic heterocycles. The Kier molecular flexibility index (Phi) is 5.68. The molecule has 0 bridgehead atoms. The average Bonchev–Trinajstić information content (AvgIpc) is 3.02. The van der Waals surface area contributed by atoms with Crippen LogP contribution in [0.4, 0.5) is 4.39 Å². The van der Waals surface area contributed by atoms with Crippen LogP contribution in [0, 0.1) is 5.82 Å². The highest BCUT2D eigenvalue weighted by Crippen LogP contribution is 2.18. The first-order chi connectivity index (χ1) is 12.5. The normalized spacial score (nSPS) is 10.7. The molecule has 1 amide bonds. The Morgan fingerprint density at radius 3 is 2.54 bits per heavy atom. The minimum absolute atomic E-state index is 0.239. The van der Waals surface area contributed by atoms with Crippen molar-refractivity contribution in [3.63, 3.8) is 0 Å². The predicted octanol–water partition coefficient (Wildman–Crippen LogP) is 3.84. The Balaban J connectivity index is 1.56. The van der Waals surface area contributed by atoms with Crippen LogP contribution in [0.3, 0.4) is 0 Å². The van der Waals surface area contributed by atoms with Gasteiger partial charge in [0.25, 0.3) is 5.91 Å². The van der Waals surface area contributed by atoms with Gasteiger partial charge in [-0.15, -0.1) is 0 Å². The second-order valence-corrected chi connectivity index (χ2v) is 6.63. The molecular weight excluding hydrogens is 401 g/mol. The van der Waals surface area contributed by atoms with Crippen molar-refractivity contribution >= 4 is 21.8 Å². The molecule has 134 valence electrons. The minimum atomic E-state index is -0.327. The molecule has 5 nitrogen and oxygen atoms in total. The van der Waals surface area contributed by atoms with Crippen molar-refractivity contribution < 1.29 is 14.3 Å². The summed E-state index contributed by atoms with van der Waals surface area (Å²) in [4.78, 5) is 12.3. The highest BCUT2D eigenvalue weighted by molar-refractivity contribution is 9.10. The van der Waals surface area contributed by atoms with Crippen molar-refractivity contribution in [3.05, 3.63) is 76.3 Å². The van der Waals surface area contributed by atoms with E-state index >= 15 is 0 Å². The number of hydrogen-bond donors (Lipinski definition) is 2. The van der Waals surface area contributed by atoms with E-state index in [1.54, 1.807) is 30.5 Å². The number of rotatable bonds is 6. The van der Waals surface area contributed by atoms with Gasteiger partial charge in [-0.05, 0) is 70.7 Å². The SMILES string of the molecule is O=C(NCCCc1ccc(O)cc1)c1nn(-c2ccc(F)cc2)cc1Br. The molecule has 0 atom stereocenters. The largest absolute Gasteiger partial charge is 0.508 e. The lowest BCUT2D eigenvalue weighted by Crippen LogP contribution is -2.25. The fourth-order valence-corrected chi connectivity index (χ4v) is 2.93. The molecule has 3 rings (SSSR count). The molecule has 26 heavy (non-hydrogen) atoms. The summed E-state index contributed by atoms with van der Waals surface area (Å²) >= 11 is 3.34. The molecule has 0 saturated carbocycles. The van der Waals surface area contributed by atoms with Crippen molar-refractivity contribution in [1.82, 2.24) is 15.1 Å². The number of carbonyl (C=O) groups is 1. The van der Waals surface area contributed by atoms with Gasteiger partial charge in [0.1, 0.15) is 11.6 Å². The molecule has 0 spiro atoms. The molecule has 0 aliphatic rings. The van der Waals surface area contributed by atoms with Crippen LogP contribution in [-0.4, -0.2) is 27.3 Å². The zero-order chi connectivity index (χ0) is 18.5.